The SMILES string of the molecule is CC(C)NC(=O)N(C)C[C@H]1OCCCC[C@H](C)Oc2ccc(NS(=O)(=O)c3ccc(F)cc3)cc2C(=O)N([C@@H](C)CO)C[C@H]1C. The number of fused-ring (bicyclic) bond motifs is 1. The average Bonchev–Trinajstić information content (AvgIpc) is 2.98. The highest BCUT2D eigenvalue weighted by atomic mass is 32.2. The molecule has 3 N–H and O–H groups in total. The third-order valence-corrected chi connectivity index (χ3v) is 9.04. The number of amides is 3. The van der Waals surface area contributed by atoms with E-state index < -0.39 is 33.9 Å². The van der Waals surface area contributed by atoms with Crippen LogP contribution in [0.15, 0.2) is 47.4 Å². The van der Waals surface area contributed by atoms with Gasteiger partial charge in [0.2, 0.25) is 0 Å². The minimum absolute atomic E-state index is 0.0323. The van der Waals surface area contributed by atoms with Gasteiger partial charge in [0, 0.05) is 44.4 Å². The number of hydrogen-bond donors (Lipinski definition) is 3. The van der Waals surface area contributed by atoms with Crippen molar-refractivity contribution in [1.82, 2.24) is 15.1 Å². The van der Waals surface area contributed by atoms with E-state index in [1.54, 1.807) is 24.9 Å². The molecule has 4 atom stereocenters. The Bertz CT molecular complexity index is 1390. The number of sulfonamides is 1. The molecule has 0 bridgehead atoms. The number of halogens is 1. The smallest absolute Gasteiger partial charge is 0.317 e. The molecule has 0 saturated carbocycles. The lowest BCUT2D eigenvalue weighted by Gasteiger charge is -2.36. The summed E-state index contributed by atoms with van der Waals surface area (Å²) in [7, 11) is -2.39. The van der Waals surface area contributed by atoms with Crippen LogP contribution in [0.4, 0.5) is 14.9 Å². The second-order valence-electron chi connectivity index (χ2n) is 12.1. The molecule has 0 unspecified atom stereocenters. The summed E-state index contributed by atoms with van der Waals surface area (Å²) >= 11 is 0. The number of rotatable bonds is 8. The van der Waals surface area contributed by atoms with Gasteiger partial charge in [-0.2, -0.15) is 0 Å². The number of carbonyl (C=O) groups is 2. The Morgan fingerprint density at radius 3 is 2.47 bits per heavy atom. The summed E-state index contributed by atoms with van der Waals surface area (Å²) in [5, 5.41) is 13.0. The topological polar surface area (TPSA) is 138 Å². The Morgan fingerprint density at radius 1 is 1.13 bits per heavy atom. The molecule has 11 nitrogen and oxygen atoms in total. The highest BCUT2D eigenvalue weighted by Gasteiger charge is 2.31. The van der Waals surface area contributed by atoms with Crippen molar-refractivity contribution >= 4 is 27.6 Å². The fourth-order valence-corrected chi connectivity index (χ4v) is 6.04. The molecule has 13 heteroatoms. The van der Waals surface area contributed by atoms with Crippen LogP contribution in [0.5, 0.6) is 5.75 Å². The largest absolute Gasteiger partial charge is 0.490 e. The molecule has 250 valence electrons. The lowest BCUT2D eigenvalue weighted by atomic mass is 10.0. The summed E-state index contributed by atoms with van der Waals surface area (Å²) in [5.74, 6) is -0.990. The van der Waals surface area contributed by atoms with Gasteiger partial charge in [0.1, 0.15) is 11.6 Å². The number of benzene rings is 2. The van der Waals surface area contributed by atoms with E-state index in [2.05, 4.69) is 10.0 Å². The molecule has 2 aromatic carbocycles. The fraction of sp³-hybridized carbons (Fsp3) is 0.562. The fourth-order valence-electron chi connectivity index (χ4n) is 4.99. The van der Waals surface area contributed by atoms with Crippen molar-refractivity contribution in [3.05, 3.63) is 53.8 Å². The van der Waals surface area contributed by atoms with E-state index >= 15 is 0 Å². The molecule has 0 aliphatic carbocycles. The van der Waals surface area contributed by atoms with E-state index in [-0.39, 0.29) is 59.1 Å². The zero-order valence-corrected chi connectivity index (χ0v) is 27.8. The van der Waals surface area contributed by atoms with Crippen LogP contribution < -0.4 is 14.8 Å². The van der Waals surface area contributed by atoms with Crippen molar-refractivity contribution < 1.29 is 37.0 Å². The summed E-state index contributed by atoms with van der Waals surface area (Å²) in [5.41, 5.74) is 0.240. The van der Waals surface area contributed by atoms with Gasteiger partial charge in [0.05, 0.1) is 35.3 Å². The second kappa shape index (κ2) is 16.2. The summed E-state index contributed by atoms with van der Waals surface area (Å²) in [4.78, 5) is 29.9. The van der Waals surface area contributed by atoms with E-state index in [0.29, 0.717) is 19.6 Å². The standard InChI is InChI=1S/C32H47FN4O7S/c1-21(2)34-32(40)36(6)19-30-22(3)18-37(23(4)20-38)31(39)28-17-26(35-45(41,42)27-13-10-25(33)11-14-27)12-15-29(28)44-24(5)9-7-8-16-43-30/h10-15,17,21-24,30,35,38H,7-9,16,18-20H2,1-6H3,(H,34,40)/t22-,23+,24+,30-/m1/s1. The molecule has 45 heavy (non-hydrogen) atoms. The molecule has 1 heterocycles. The maximum atomic E-state index is 14.2. The van der Waals surface area contributed by atoms with E-state index in [1.807, 2.05) is 27.7 Å². The number of likely N-dealkylation sites (N-methyl/N-ethyl adjacent to an activating group) is 1. The summed E-state index contributed by atoms with van der Waals surface area (Å²) in [6, 6.07) is 8.03. The number of anilines is 1. The van der Waals surface area contributed by atoms with Crippen LogP contribution in [0.25, 0.3) is 0 Å². The molecule has 0 saturated heterocycles. The van der Waals surface area contributed by atoms with Crippen molar-refractivity contribution in [2.45, 2.75) is 83.1 Å². The van der Waals surface area contributed by atoms with Gasteiger partial charge in [0.15, 0.2) is 0 Å². The molecule has 2 aromatic rings. The Kier molecular flexibility index (Phi) is 13.0. The third kappa shape index (κ3) is 10.3. The molecule has 0 aromatic heterocycles. The number of nitrogens with zero attached hydrogens (tertiary/aromatic N) is 2. The van der Waals surface area contributed by atoms with Crippen molar-refractivity contribution in [3.8, 4) is 5.75 Å². The van der Waals surface area contributed by atoms with Crippen LogP contribution in [0, 0.1) is 11.7 Å². The van der Waals surface area contributed by atoms with Gasteiger partial charge in [-0.15, -0.1) is 0 Å². The van der Waals surface area contributed by atoms with Crippen molar-refractivity contribution in [2.75, 3.05) is 38.1 Å². The first-order chi connectivity index (χ1) is 21.2. The minimum atomic E-state index is -4.09. The summed E-state index contributed by atoms with van der Waals surface area (Å²) in [6.45, 7) is 9.95. The quantitative estimate of drug-likeness (QED) is 0.383. The highest BCUT2D eigenvalue weighted by molar-refractivity contribution is 7.92. The van der Waals surface area contributed by atoms with E-state index in [4.69, 9.17) is 9.47 Å². The number of aliphatic hydroxyl groups is 1. The van der Waals surface area contributed by atoms with Crippen LogP contribution >= 0.6 is 0 Å². The van der Waals surface area contributed by atoms with Gasteiger partial charge in [-0.25, -0.2) is 17.6 Å². The molecule has 3 amide bonds. The number of carbonyl (C=O) groups excluding carboxylic acids is 2. The normalized spacial score (nSPS) is 20.9. The first kappa shape index (κ1) is 36.1. The predicted octanol–water partition coefficient (Wildman–Crippen LogP) is 4.47. The summed E-state index contributed by atoms with van der Waals surface area (Å²) < 4.78 is 54.5. The zero-order chi connectivity index (χ0) is 33.3. The molecule has 0 radical (unpaired) electrons. The first-order valence-corrected chi connectivity index (χ1v) is 16.8. The second-order valence-corrected chi connectivity index (χ2v) is 13.7. The van der Waals surface area contributed by atoms with E-state index in [0.717, 1.165) is 37.1 Å². The molecule has 0 fully saturated rings. The number of hydrogen-bond acceptors (Lipinski definition) is 7. The van der Waals surface area contributed by atoms with Gasteiger partial charge < -0.3 is 29.7 Å². The van der Waals surface area contributed by atoms with Gasteiger partial charge in [0.25, 0.3) is 15.9 Å². The Labute approximate surface area is 266 Å². The number of ether oxygens (including phenoxy) is 2. The van der Waals surface area contributed by atoms with Crippen LogP contribution in [0.1, 0.15) is 64.2 Å². The van der Waals surface area contributed by atoms with Crippen LogP contribution in [0.2, 0.25) is 0 Å². The number of aliphatic hydroxyl groups excluding tert-OH is 1. The van der Waals surface area contributed by atoms with Crippen molar-refractivity contribution in [2.24, 2.45) is 5.92 Å². The number of urea groups is 1. The Morgan fingerprint density at radius 2 is 1.82 bits per heavy atom. The number of nitrogens with one attached hydrogen (secondary N) is 2. The van der Waals surface area contributed by atoms with Crippen molar-refractivity contribution in [1.29, 1.82) is 0 Å². The van der Waals surface area contributed by atoms with E-state index in [1.165, 1.54) is 17.0 Å². The monoisotopic (exact) mass is 650 g/mol. The van der Waals surface area contributed by atoms with Crippen molar-refractivity contribution in [3.63, 3.8) is 0 Å². The van der Waals surface area contributed by atoms with Crippen LogP contribution in [-0.4, -0.2) is 92.9 Å². The van der Waals surface area contributed by atoms with Gasteiger partial charge in [-0.3, -0.25) is 9.52 Å². The predicted molar refractivity (Wildman–Crippen MR) is 170 cm³/mol. The maximum absolute atomic E-state index is 14.2. The van der Waals surface area contributed by atoms with Gasteiger partial charge in [-0.05, 0) is 89.4 Å². The first-order valence-electron chi connectivity index (χ1n) is 15.4. The molecular formula is C32H47FN4O7S. The molecule has 0 spiro atoms. The van der Waals surface area contributed by atoms with E-state index in [9.17, 15) is 27.5 Å². The Balaban J connectivity index is 1.98. The third-order valence-electron chi connectivity index (χ3n) is 7.64. The summed E-state index contributed by atoms with van der Waals surface area (Å²) in [6.07, 6.45) is 1.60. The molecule has 1 aliphatic rings. The van der Waals surface area contributed by atoms with Crippen LogP contribution in [-0.2, 0) is 14.8 Å². The Hall–Kier alpha value is -3.42. The zero-order valence-electron chi connectivity index (χ0n) is 27.0. The maximum Gasteiger partial charge on any atom is 0.317 e. The lowest BCUT2D eigenvalue weighted by Crippen LogP contribution is -2.49. The molecule has 3 rings (SSSR count). The average molecular weight is 651 g/mol. The lowest BCUT2D eigenvalue weighted by molar-refractivity contribution is -0.0122. The van der Waals surface area contributed by atoms with Crippen LogP contribution in [0.3, 0.4) is 0 Å². The highest BCUT2D eigenvalue weighted by Crippen LogP contribution is 2.29. The molecular weight excluding hydrogens is 603 g/mol. The molecule has 1 aliphatic heterocycles. The van der Waals surface area contributed by atoms with Gasteiger partial charge >= 0.3 is 6.03 Å². The van der Waals surface area contributed by atoms with Gasteiger partial charge in [-0.1, -0.05) is 6.92 Å². The minimum Gasteiger partial charge on any atom is -0.490 e.